The van der Waals surface area contributed by atoms with Crippen molar-refractivity contribution < 1.29 is 19.0 Å². The second-order valence-corrected chi connectivity index (χ2v) is 5.16. The molecule has 1 aromatic carbocycles. The van der Waals surface area contributed by atoms with Crippen LogP contribution >= 0.6 is 0 Å². The predicted octanol–water partition coefficient (Wildman–Crippen LogP) is 2.30. The van der Waals surface area contributed by atoms with Crippen molar-refractivity contribution in [2.24, 2.45) is 11.3 Å². The molecule has 4 heteroatoms. The molecule has 19 heavy (non-hydrogen) atoms. The average molecular weight is 262 g/mol. The van der Waals surface area contributed by atoms with Crippen LogP contribution in [-0.4, -0.2) is 25.8 Å². The SMILES string of the molecule is CCOC(=O)[C@@]12COC(c3ccccc3)OC[C@@H]1C2. The highest BCUT2D eigenvalue weighted by molar-refractivity contribution is 5.81. The zero-order valence-corrected chi connectivity index (χ0v) is 11.0. The topological polar surface area (TPSA) is 44.8 Å². The van der Waals surface area contributed by atoms with E-state index in [9.17, 15) is 4.79 Å². The van der Waals surface area contributed by atoms with Gasteiger partial charge in [-0.1, -0.05) is 30.3 Å². The molecule has 3 rings (SSSR count). The molecule has 4 nitrogen and oxygen atoms in total. The number of hydrogen-bond donors (Lipinski definition) is 0. The lowest BCUT2D eigenvalue weighted by atomic mass is 10.1. The Morgan fingerprint density at radius 2 is 2.16 bits per heavy atom. The molecule has 1 saturated heterocycles. The Morgan fingerprint density at radius 1 is 1.37 bits per heavy atom. The molecule has 0 N–H and O–H groups in total. The van der Waals surface area contributed by atoms with Gasteiger partial charge in [0, 0.05) is 11.5 Å². The molecule has 1 unspecified atom stereocenters. The number of fused-ring (bicyclic) bond motifs is 1. The third-order valence-corrected chi connectivity index (χ3v) is 3.93. The van der Waals surface area contributed by atoms with E-state index in [0.717, 1.165) is 12.0 Å². The van der Waals surface area contributed by atoms with Gasteiger partial charge in [-0.05, 0) is 13.3 Å². The van der Waals surface area contributed by atoms with Gasteiger partial charge in [0.2, 0.25) is 0 Å². The van der Waals surface area contributed by atoms with E-state index in [-0.39, 0.29) is 18.2 Å². The standard InChI is InChI=1S/C15H18O4/c1-2-17-14(16)15-8-12(15)9-18-13(19-10-15)11-6-4-3-5-7-11/h3-7,12-13H,2,8-10H2,1H3/t12-,13?,15-/m0/s1. The minimum absolute atomic E-state index is 0.141. The van der Waals surface area contributed by atoms with Crippen LogP contribution in [0.5, 0.6) is 0 Å². The van der Waals surface area contributed by atoms with Crippen molar-refractivity contribution in [1.82, 2.24) is 0 Å². The Balaban J connectivity index is 1.69. The summed E-state index contributed by atoms with van der Waals surface area (Å²) in [4.78, 5) is 12.0. The van der Waals surface area contributed by atoms with E-state index < -0.39 is 5.41 Å². The molecular weight excluding hydrogens is 244 g/mol. The van der Waals surface area contributed by atoms with Crippen LogP contribution in [0.25, 0.3) is 0 Å². The van der Waals surface area contributed by atoms with E-state index in [4.69, 9.17) is 14.2 Å². The number of hydrogen-bond acceptors (Lipinski definition) is 4. The first-order valence-corrected chi connectivity index (χ1v) is 6.71. The Kier molecular flexibility index (Phi) is 3.29. The molecule has 1 aliphatic heterocycles. The first kappa shape index (κ1) is 12.6. The van der Waals surface area contributed by atoms with Crippen LogP contribution in [0.4, 0.5) is 0 Å². The van der Waals surface area contributed by atoms with Gasteiger partial charge in [0.05, 0.1) is 25.2 Å². The van der Waals surface area contributed by atoms with Crippen LogP contribution in [0.1, 0.15) is 25.2 Å². The van der Waals surface area contributed by atoms with Gasteiger partial charge in [0.25, 0.3) is 0 Å². The van der Waals surface area contributed by atoms with Gasteiger partial charge in [-0.15, -0.1) is 0 Å². The first-order valence-electron chi connectivity index (χ1n) is 6.71. The van der Waals surface area contributed by atoms with E-state index in [0.29, 0.717) is 19.8 Å². The summed E-state index contributed by atoms with van der Waals surface area (Å²) in [6, 6.07) is 9.80. The summed E-state index contributed by atoms with van der Waals surface area (Å²) in [6.45, 7) is 3.18. The summed E-state index contributed by atoms with van der Waals surface area (Å²) in [7, 11) is 0. The van der Waals surface area contributed by atoms with Gasteiger partial charge in [-0.25, -0.2) is 0 Å². The lowest BCUT2D eigenvalue weighted by Gasteiger charge is -2.18. The van der Waals surface area contributed by atoms with Crippen LogP contribution in [0.3, 0.4) is 0 Å². The number of carbonyl (C=O) groups is 1. The second kappa shape index (κ2) is 4.94. The van der Waals surface area contributed by atoms with Crippen LogP contribution in [0.15, 0.2) is 30.3 Å². The lowest BCUT2D eigenvalue weighted by Crippen LogP contribution is -2.26. The van der Waals surface area contributed by atoms with E-state index in [1.165, 1.54) is 0 Å². The average Bonchev–Trinajstić information content (AvgIpc) is 3.15. The van der Waals surface area contributed by atoms with Gasteiger partial charge in [0.1, 0.15) is 0 Å². The van der Waals surface area contributed by atoms with Crippen molar-refractivity contribution >= 4 is 5.97 Å². The molecular formula is C15H18O4. The van der Waals surface area contributed by atoms with Crippen LogP contribution in [0.2, 0.25) is 0 Å². The van der Waals surface area contributed by atoms with E-state index >= 15 is 0 Å². The minimum atomic E-state index is -0.459. The molecule has 2 aliphatic rings. The van der Waals surface area contributed by atoms with Crippen molar-refractivity contribution in [3.05, 3.63) is 35.9 Å². The summed E-state index contributed by atoms with van der Waals surface area (Å²) in [6.07, 6.45) is 0.438. The first-order chi connectivity index (χ1) is 9.26. The van der Waals surface area contributed by atoms with Gasteiger partial charge < -0.3 is 14.2 Å². The Bertz CT molecular complexity index is 458. The van der Waals surface area contributed by atoms with Gasteiger partial charge in [-0.2, -0.15) is 0 Å². The summed E-state index contributed by atoms with van der Waals surface area (Å²) in [5, 5.41) is 0. The highest BCUT2D eigenvalue weighted by atomic mass is 16.7. The molecule has 0 spiro atoms. The molecule has 1 aromatic rings. The minimum Gasteiger partial charge on any atom is -0.465 e. The van der Waals surface area contributed by atoms with Crippen LogP contribution in [0, 0.1) is 11.3 Å². The van der Waals surface area contributed by atoms with Crippen molar-refractivity contribution in [2.75, 3.05) is 19.8 Å². The smallest absolute Gasteiger partial charge is 0.314 e. The number of rotatable bonds is 3. The highest BCUT2D eigenvalue weighted by Gasteiger charge is 2.63. The predicted molar refractivity (Wildman–Crippen MR) is 68.3 cm³/mol. The fourth-order valence-electron chi connectivity index (χ4n) is 2.64. The van der Waals surface area contributed by atoms with Gasteiger partial charge in [-0.3, -0.25) is 4.79 Å². The summed E-state index contributed by atoms with van der Waals surface area (Å²) in [5.41, 5.74) is 0.530. The summed E-state index contributed by atoms with van der Waals surface area (Å²) >= 11 is 0. The molecule has 2 fully saturated rings. The maximum absolute atomic E-state index is 12.0. The summed E-state index contributed by atoms with van der Waals surface area (Å²) in [5.74, 6) is 0.0950. The molecule has 0 amide bonds. The highest BCUT2D eigenvalue weighted by Crippen LogP contribution is 2.56. The second-order valence-electron chi connectivity index (χ2n) is 5.16. The van der Waals surface area contributed by atoms with Gasteiger partial charge in [0.15, 0.2) is 6.29 Å². The molecule has 1 aliphatic carbocycles. The number of carbonyl (C=O) groups excluding carboxylic acids is 1. The van der Waals surface area contributed by atoms with Crippen molar-refractivity contribution in [1.29, 1.82) is 0 Å². The van der Waals surface area contributed by atoms with E-state index in [1.54, 1.807) is 0 Å². The van der Waals surface area contributed by atoms with Crippen molar-refractivity contribution in [3.8, 4) is 0 Å². The van der Waals surface area contributed by atoms with E-state index in [2.05, 4.69) is 0 Å². The van der Waals surface area contributed by atoms with Gasteiger partial charge >= 0.3 is 5.97 Å². The van der Waals surface area contributed by atoms with Crippen LogP contribution in [-0.2, 0) is 19.0 Å². The largest absolute Gasteiger partial charge is 0.465 e. The number of esters is 1. The van der Waals surface area contributed by atoms with Crippen LogP contribution < -0.4 is 0 Å². The Labute approximate surface area is 112 Å². The Morgan fingerprint density at radius 3 is 2.89 bits per heavy atom. The fourth-order valence-corrected chi connectivity index (χ4v) is 2.64. The molecule has 0 radical (unpaired) electrons. The molecule has 0 aromatic heterocycles. The van der Waals surface area contributed by atoms with E-state index in [1.807, 2.05) is 37.3 Å². The third kappa shape index (κ3) is 2.26. The number of benzene rings is 1. The fraction of sp³-hybridized carbons (Fsp3) is 0.533. The van der Waals surface area contributed by atoms with Crippen molar-refractivity contribution in [3.63, 3.8) is 0 Å². The quantitative estimate of drug-likeness (QED) is 0.784. The maximum Gasteiger partial charge on any atom is 0.314 e. The molecule has 102 valence electrons. The zero-order chi connectivity index (χ0) is 13.3. The molecule has 3 atom stereocenters. The van der Waals surface area contributed by atoms with Crippen molar-refractivity contribution in [2.45, 2.75) is 19.6 Å². The normalized spacial score (nSPS) is 33.1. The number of ether oxygens (including phenoxy) is 3. The Hall–Kier alpha value is -1.39. The molecule has 0 bridgehead atoms. The molecule has 1 heterocycles. The summed E-state index contributed by atoms with van der Waals surface area (Å²) < 4.78 is 16.7. The third-order valence-electron chi connectivity index (χ3n) is 3.93. The molecule has 1 saturated carbocycles. The maximum atomic E-state index is 12.0. The zero-order valence-electron chi connectivity index (χ0n) is 11.0. The monoisotopic (exact) mass is 262 g/mol. The lowest BCUT2D eigenvalue weighted by molar-refractivity contribution is -0.161.